The lowest BCUT2D eigenvalue weighted by Crippen LogP contribution is -2.27. The smallest absolute Gasteiger partial charge is 0.267 e. The van der Waals surface area contributed by atoms with Gasteiger partial charge >= 0.3 is 0 Å². The highest BCUT2D eigenvalue weighted by atomic mass is 35.5. The number of hydrogen-bond donors (Lipinski definition) is 1. The molecule has 2 heterocycles. The largest absolute Gasteiger partial charge is 0.335 e. The van der Waals surface area contributed by atoms with Crippen LogP contribution < -0.4 is 10.9 Å². The second-order valence-electron chi connectivity index (χ2n) is 4.68. The maximum Gasteiger partial charge on any atom is 0.267 e. The highest BCUT2D eigenvalue weighted by Crippen LogP contribution is 2.15. The Bertz CT molecular complexity index is 916. The summed E-state index contributed by atoms with van der Waals surface area (Å²) in [6, 6.07) is 6.75. The van der Waals surface area contributed by atoms with E-state index in [1.54, 1.807) is 31.2 Å². The summed E-state index contributed by atoms with van der Waals surface area (Å²) >= 11 is 5.85. The molecule has 0 aliphatic carbocycles. The minimum Gasteiger partial charge on any atom is -0.335 e. The summed E-state index contributed by atoms with van der Waals surface area (Å²) in [6.45, 7) is 1.48. The zero-order valence-electron chi connectivity index (χ0n) is 11.5. The number of carbonyl (C=O) groups is 1. The van der Waals surface area contributed by atoms with Crippen molar-refractivity contribution in [3.63, 3.8) is 0 Å². The molecule has 8 heteroatoms. The summed E-state index contributed by atoms with van der Waals surface area (Å²) in [5, 5.41) is 7.14. The van der Waals surface area contributed by atoms with Crippen molar-refractivity contribution in [2.24, 2.45) is 0 Å². The van der Waals surface area contributed by atoms with Crippen LogP contribution in [0.4, 0.5) is 5.69 Å². The van der Waals surface area contributed by atoms with Gasteiger partial charge in [0.1, 0.15) is 18.3 Å². The number of rotatable bonds is 3. The molecule has 22 heavy (non-hydrogen) atoms. The third-order valence-corrected chi connectivity index (χ3v) is 3.29. The fraction of sp³-hybridized carbons (Fsp3) is 0.143. The lowest BCUT2D eigenvalue weighted by atomic mass is 10.3. The van der Waals surface area contributed by atoms with E-state index in [0.29, 0.717) is 16.4 Å². The van der Waals surface area contributed by atoms with Crippen LogP contribution >= 0.6 is 11.6 Å². The van der Waals surface area contributed by atoms with E-state index in [0.717, 1.165) is 0 Å². The average Bonchev–Trinajstić information content (AvgIpc) is 2.84. The molecule has 112 valence electrons. The molecule has 0 saturated carbocycles. The summed E-state index contributed by atoms with van der Waals surface area (Å²) in [5.41, 5.74) is 0.789. The number of hydrogen-bond acceptors (Lipinski definition) is 5. The van der Waals surface area contributed by atoms with Crippen LogP contribution in [-0.4, -0.2) is 20.6 Å². The van der Waals surface area contributed by atoms with Crippen molar-refractivity contribution in [1.82, 2.24) is 14.7 Å². The number of aromatic nitrogens is 3. The molecule has 0 unspecified atom stereocenters. The molecule has 0 spiro atoms. The van der Waals surface area contributed by atoms with E-state index in [9.17, 15) is 9.59 Å². The highest BCUT2D eigenvalue weighted by Gasteiger charge is 2.14. The molecule has 0 atom stereocenters. The Morgan fingerprint density at radius 1 is 1.45 bits per heavy atom. The molecule has 0 saturated heterocycles. The van der Waals surface area contributed by atoms with Crippen molar-refractivity contribution >= 4 is 34.3 Å². The summed E-state index contributed by atoms with van der Waals surface area (Å²) in [7, 11) is 0. The molecule has 7 nitrogen and oxygen atoms in total. The molecule has 1 aromatic carbocycles. The number of halogens is 1. The normalized spacial score (nSPS) is 10.8. The number of amides is 1. The summed E-state index contributed by atoms with van der Waals surface area (Å²) in [6.07, 6.45) is 1.26. The third-order valence-electron chi connectivity index (χ3n) is 3.06. The van der Waals surface area contributed by atoms with E-state index in [1.165, 1.54) is 10.9 Å². The first-order valence-electron chi connectivity index (χ1n) is 6.41. The van der Waals surface area contributed by atoms with Crippen molar-refractivity contribution in [2.45, 2.75) is 13.5 Å². The number of nitrogens with one attached hydrogen (secondary N) is 1. The van der Waals surface area contributed by atoms with E-state index in [4.69, 9.17) is 16.1 Å². The van der Waals surface area contributed by atoms with Gasteiger partial charge in [-0.15, -0.1) is 0 Å². The van der Waals surface area contributed by atoms with Gasteiger partial charge in [-0.25, -0.2) is 4.98 Å². The summed E-state index contributed by atoms with van der Waals surface area (Å²) < 4.78 is 6.11. The second-order valence-corrected chi connectivity index (χ2v) is 5.12. The summed E-state index contributed by atoms with van der Waals surface area (Å²) in [5.74, 6) is -0.361. The zero-order valence-corrected chi connectivity index (χ0v) is 12.3. The average molecular weight is 319 g/mol. The third kappa shape index (κ3) is 2.71. The first kappa shape index (κ1) is 14.3. The van der Waals surface area contributed by atoms with Crippen LogP contribution in [0.25, 0.3) is 11.1 Å². The van der Waals surface area contributed by atoms with Crippen LogP contribution in [0.2, 0.25) is 5.02 Å². The van der Waals surface area contributed by atoms with Gasteiger partial charge in [-0.1, -0.05) is 22.8 Å². The van der Waals surface area contributed by atoms with Gasteiger partial charge in [-0.3, -0.25) is 14.2 Å². The van der Waals surface area contributed by atoms with Gasteiger partial charge in [0.05, 0.1) is 5.69 Å². The maximum atomic E-state index is 12.3. The first-order chi connectivity index (χ1) is 10.5. The fourth-order valence-electron chi connectivity index (χ4n) is 2.04. The molecule has 3 rings (SSSR count). The topological polar surface area (TPSA) is 90.0 Å². The van der Waals surface area contributed by atoms with E-state index in [1.807, 2.05) is 0 Å². The van der Waals surface area contributed by atoms with Crippen LogP contribution in [-0.2, 0) is 11.3 Å². The molecule has 3 aromatic rings. The number of carbonyl (C=O) groups excluding carboxylic acids is 1. The Hall–Kier alpha value is -2.67. The van der Waals surface area contributed by atoms with E-state index >= 15 is 0 Å². The van der Waals surface area contributed by atoms with Crippen molar-refractivity contribution in [1.29, 1.82) is 0 Å². The minimum absolute atomic E-state index is 0.161. The Labute approximate surface area is 129 Å². The second kappa shape index (κ2) is 5.61. The molecule has 0 radical (unpaired) electrons. The molecule has 0 aliphatic rings. The number of fused-ring (bicyclic) bond motifs is 1. The van der Waals surface area contributed by atoms with Crippen molar-refractivity contribution in [3.8, 4) is 0 Å². The number of benzene rings is 1. The number of anilines is 1. The Morgan fingerprint density at radius 3 is 3.05 bits per heavy atom. The highest BCUT2D eigenvalue weighted by molar-refractivity contribution is 6.30. The van der Waals surface area contributed by atoms with Crippen LogP contribution in [0, 0.1) is 6.92 Å². The van der Waals surface area contributed by atoms with Gasteiger partial charge in [-0.2, -0.15) is 0 Å². The first-order valence-corrected chi connectivity index (χ1v) is 6.79. The molecule has 0 aliphatic heterocycles. The van der Waals surface area contributed by atoms with Gasteiger partial charge in [0.15, 0.2) is 0 Å². The Balaban J connectivity index is 1.84. The van der Waals surface area contributed by atoms with Gasteiger partial charge in [0.2, 0.25) is 5.91 Å². The van der Waals surface area contributed by atoms with Crippen LogP contribution in [0.1, 0.15) is 5.69 Å². The molecular weight excluding hydrogens is 308 g/mol. The Morgan fingerprint density at radius 2 is 2.27 bits per heavy atom. The Kier molecular flexibility index (Phi) is 3.64. The quantitative estimate of drug-likeness (QED) is 0.797. The van der Waals surface area contributed by atoms with Crippen molar-refractivity contribution in [3.05, 3.63) is 51.7 Å². The molecule has 0 fully saturated rings. The summed E-state index contributed by atoms with van der Waals surface area (Å²) in [4.78, 5) is 28.3. The predicted octanol–water partition coefficient (Wildman–Crippen LogP) is 1.99. The van der Waals surface area contributed by atoms with Crippen molar-refractivity contribution in [2.75, 3.05) is 5.32 Å². The monoisotopic (exact) mass is 318 g/mol. The molecule has 0 bridgehead atoms. The molecule has 2 aromatic heterocycles. The standard InChI is InChI=1S/C14H11ClN4O3/c1-8-12-13(22-18-8)16-7-19(14(12)21)6-11(20)17-10-4-2-3-9(15)5-10/h2-5,7H,6H2,1H3,(H,17,20). The minimum atomic E-state index is -0.370. The van der Waals surface area contributed by atoms with Crippen molar-refractivity contribution < 1.29 is 9.32 Å². The SMILES string of the molecule is Cc1noc2ncn(CC(=O)Nc3cccc(Cl)c3)c(=O)c12. The number of nitrogens with zero attached hydrogens (tertiary/aromatic N) is 3. The predicted molar refractivity (Wildman–Crippen MR) is 80.9 cm³/mol. The molecule has 1 amide bonds. The zero-order chi connectivity index (χ0) is 15.7. The van der Waals surface area contributed by atoms with Gasteiger partial charge < -0.3 is 9.84 Å². The van der Waals surface area contributed by atoms with E-state index in [-0.39, 0.29) is 29.1 Å². The van der Waals surface area contributed by atoms with E-state index < -0.39 is 0 Å². The molecule has 1 N–H and O–H groups in total. The van der Waals surface area contributed by atoms with Crippen LogP contribution in [0.3, 0.4) is 0 Å². The fourth-order valence-corrected chi connectivity index (χ4v) is 2.23. The van der Waals surface area contributed by atoms with Gasteiger partial charge in [-0.05, 0) is 25.1 Å². The number of aryl methyl sites for hydroxylation is 1. The lowest BCUT2D eigenvalue weighted by Gasteiger charge is -2.07. The van der Waals surface area contributed by atoms with E-state index in [2.05, 4.69) is 15.5 Å². The van der Waals surface area contributed by atoms with Crippen LogP contribution in [0.5, 0.6) is 0 Å². The van der Waals surface area contributed by atoms with Gasteiger partial charge in [0, 0.05) is 10.7 Å². The maximum absolute atomic E-state index is 12.3. The lowest BCUT2D eigenvalue weighted by molar-refractivity contribution is -0.116. The molecular formula is C14H11ClN4O3. The van der Waals surface area contributed by atoms with Crippen LogP contribution in [0.15, 0.2) is 39.9 Å². The van der Waals surface area contributed by atoms with Gasteiger partial charge in [0.25, 0.3) is 11.3 Å².